The molecule has 0 fully saturated rings. The highest BCUT2D eigenvalue weighted by Crippen LogP contribution is 2.17. The lowest BCUT2D eigenvalue weighted by Gasteiger charge is -2.06. The molecule has 0 aliphatic heterocycles. The Morgan fingerprint density at radius 2 is 2.28 bits per heavy atom. The molecule has 0 aromatic carbocycles. The summed E-state index contributed by atoms with van der Waals surface area (Å²) < 4.78 is 0. The summed E-state index contributed by atoms with van der Waals surface area (Å²) in [5, 5.41) is 3.80. The first-order chi connectivity index (χ1) is 8.70. The first-order valence-corrected chi connectivity index (χ1v) is 5.66. The van der Waals surface area contributed by atoms with Gasteiger partial charge in [0.25, 0.3) is 0 Å². The van der Waals surface area contributed by atoms with E-state index in [1.54, 1.807) is 31.5 Å². The maximum Gasteiger partial charge on any atom is 0.182 e. The SMILES string of the molecule is C=C/C=C(/C=C(/C)Cl)Nc1ncnc2nc[nH]c12. The fourth-order valence-corrected chi connectivity index (χ4v) is 1.58. The fourth-order valence-electron chi connectivity index (χ4n) is 1.46. The quantitative estimate of drug-likeness (QED) is 0.831. The van der Waals surface area contributed by atoms with Crippen molar-refractivity contribution in [2.75, 3.05) is 5.32 Å². The molecule has 0 spiro atoms. The fraction of sp³-hybridized carbons (Fsp3) is 0.0833. The van der Waals surface area contributed by atoms with E-state index in [0.717, 1.165) is 11.2 Å². The lowest BCUT2D eigenvalue weighted by Crippen LogP contribution is -2.00. The lowest BCUT2D eigenvalue weighted by atomic mass is 10.3. The van der Waals surface area contributed by atoms with Gasteiger partial charge in [0.1, 0.15) is 11.8 Å². The van der Waals surface area contributed by atoms with Crippen molar-refractivity contribution < 1.29 is 0 Å². The van der Waals surface area contributed by atoms with Crippen molar-refractivity contribution in [1.29, 1.82) is 0 Å². The monoisotopic (exact) mass is 261 g/mol. The number of aromatic amines is 1. The van der Waals surface area contributed by atoms with Crippen molar-refractivity contribution >= 4 is 28.6 Å². The van der Waals surface area contributed by atoms with Crippen molar-refractivity contribution in [3.63, 3.8) is 0 Å². The number of allylic oxidation sites excluding steroid dienone is 4. The average molecular weight is 262 g/mol. The standard InChI is InChI=1S/C12H12ClN5/c1-3-4-9(5-8(2)13)18-12-10-11(15-6-14-10)16-7-17-12/h3-7H,1H2,2H3,(H2,14,15,16,17,18)/b8-5-,9-4-. The molecule has 0 unspecified atom stereocenters. The highest BCUT2D eigenvalue weighted by atomic mass is 35.5. The van der Waals surface area contributed by atoms with Gasteiger partial charge in [0, 0.05) is 10.7 Å². The molecule has 0 atom stereocenters. The minimum absolute atomic E-state index is 0.608. The van der Waals surface area contributed by atoms with E-state index >= 15 is 0 Å². The largest absolute Gasteiger partial charge is 0.340 e. The third-order valence-corrected chi connectivity index (χ3v) is 2.25. The molecule has 2 rings (SSSR count). The number of fused-ring (bicyclic) bond motifs is 1. The lowest BCUT2D eigenvalue weighted by molar-refractivity contribution is 1.19. The van der Waals surface area contributed by atoms with Gasteiger partial charge in [-0.3, -0.25) is 0 Å². The number of H-pyrrole nitrogens is 1. The summed E-state index contributed by atoms with van der Waals surface area (Å²) in [4.78, 5) is 15.3. The number of hydrogen-bond donors (Lipinski definition) is 2. The van der Waals surface area contributed by atoms with Crippen LogP contribution < -0.4 is 5.32 Å². The van der Waals surface area contributed by atoms with Gasteiger partial charge < -0.3 is 10.3 Å². The van der Waals surface area contributed by atoms with Crippen LogP contribution in [0.4, 0.5) is 5.82 Å². The molecule has 0 aliphatic rings. The third-order valence-electron chi connectivity index (χ3n) is 2.14. The van der Waals surface area contributed by atoms with E-state index in [1.807, 2.05) is 0 Å². The molecule has 0 bridgehead atoms. The Bertz CT molecular complexity index is 622. The van der Waals surface area contributed by atoms with Crippen LogP contribution >= 0.6 is 11.6 Å². The Kier molecular flexibility index (Phi) is 3.74. The van der Waals surface area contributed by atoms with Gasteiger partial charge in [-0.05, 0) is 19.1 Å². The number of halogens is 1. The van der Waals surface area contributed by atoms with Crippen LogP contribution in [0.5, 0.6) is 0 Å². The summed E-state index contributed by atoms with van der Waals surface area (Å²) in [7, 11) is 0. The van der Waals surface area contributed by atoms with Crippen LogP contribution in [-0.4, -0.2) is 19.9 Å². The Labute approximate surface area is 109 Å². The molecule has 6 heteroatoms. The highest BCUT2D eigenvalue weighted by Gasteiger charge is 2.05. The second-order valence-corrected chi connectivity index (χ2v) is 4.13. The highest BCUT2D eigenvalue weighted by molar-refractivity contribution is 6.29. The number of imidazole rings is 1. The molecule has 5 nitrogen and oxygen atoms in total. The maximum atomic E-state index is 5.86. The molecular weight excluding hydrogens is 250 g/mol. The molecular formula is C12H12ClN5. The van der Waals surface area contributed by atoms with E-state index in [0.29, 0.717) is 16.5 Å². The van der Waals surface area contributed by atoms with Gasteiger partial charge in [0.05, 0.1) is 6.33 Å². The molecule has 0 aliphatic carbocycles. The van der Waals surface area contributed by atoms with Crippen LogP contribution in [0.25, 0.3) is 11.2 Å². The van der Waals surface area contributed by atoms with Gasteiger partial charge in [-0.15, -0.1) is 0 Å². The zero-order valence-electron chi connectivity index (χ0n) is 9.81. The van der Waals surface area contributed by atoms with Crippen LogP contribution in [0.1, 0.15) is 6.92 Å². The molecule has 2 aromatic heterocycles. The van der Waals surface area contributed by atoms with E-state index in [2.05, 4.69) is 31.8 Å². The summed E-state index contributed by atoms with van der Waals surface area (Å²) in [5.74, 6) is 0.639. The number of aromatic nitrogens is 4. The molecule has 18 heavy (non-hydrogen) atoms. The van der Waals surface area contributed by atoms with E-state index in [1.165, 1.54) is 6.33 Å². The Balaban J connectivity index is 2.37. The van der Waals surface area contributed by atoms with Gasteiger partial charge in [-0.25, -0.2) is 15.0 Å². The summed E-state index contributed by atoms with van der Waals surface area (Å²) in [5.41, 5.74) is 2.14. The number of rotatable bonds is 4. The number of anilines is 1. The minimum atomic E-state index is 0.608. The Hall–Kier alpha value is -2.14. The van der Waals surface area contributed by atoms with E-state index in [4.69, 9.17) is 11.6 Å². The van der Waals surface area contributed by atoms with Crippen molar-refractivity contribution in [2.45, 2.75) is 6.92 Å². The number of nitrogens with one attached hydrogen (secondary N) is 2. The first kappa shape index (κ1) is 12.3. The minimum Gasteiger partial charge on any atom is -0.340 e. The summed E-state index contributed by atoms with van der Waals surface area (Å²) in [6.45, 7) is 5.46. The van der Waals surface area contributed by atoms with Gasteiger partial charge in [-0.1, -0.05) is 24.3 Å². The second-order valence-electron chi connectivity index (χ2n) is 3.54. The first-order valence-electron chi connectivity index (χ1n) is 5.28. The van der Waals surface area contributed by atoms with Gasteiger partial charge >= 0.3 is 0 Å². The van der Waals surface area contributed by atoms with Crippen LogP contribution in [-0.2, 0) is 0 Å². The topological polar surface area (TPSA) is 66.5 Å². The summed E-state index contributed by atoms with van der Waals surface area (Å²) >= 11 is 5.86. The van der Waals surface area contributed by atoms with Crippen molar-refractivity contribution in [3.8, 4) is 0 Å². The second kappa shape index (κ2) is 5.46. The third kappa shape index (κ3) is 2.75. The van der Waals surface area contributed by atoms with E-state index < -0.39 is 0 Å². The average Bonchev–Trinajstić information content (AvgIpc) is 2.77. The Morgan fingerprint density at radius 1 is 1.44 bits per heavy atom. The van der Waals surface area contributed by atoms with Gasteiger partial charge in [0.15, 0.2) is 11.5 Å². The van der Waals surface area contributed by atoms with E-state index in [9.17, 15) is 0 Å². The predicted molar refractivity (Wildman–Crippen MR) is 73.2 cm³/mol. The van der Waals surface area contributed by atoms with Gasteiger partial charge in [-0.2, -0.15) is 0 Å². The zero-order chi connectivity index (χ0) is 13.0. The number of nitrogens with zero attached hydrogens (tertiary/aromatic N) is 3. The summed E-state index contributed by atoms with van der Waals surface area (Å²) in [6, 6.07) is 0. The van der Waals surface area contributed by atoms with E-state index in [-0.39, 0.29) is 0 Å². The molecule has 0 saturated heterocycles. The predicted octanol–water partition coefficient (Wildman–Crippen LogP) is 2.98. The van der Waals surface area contributed by atoms with Crippen LogP contribution in [0.2, 0.25) is 0 Å². The zero-order valence-corrected chi connectivity index (χ0v) is 10.6. The Morgan fingerprint density at radius 3 is 3.00 bits per heavy atom. The molecule has 92 valence electrons. The van der Waals surface area contributed by atoms with Gasteiger partial charge in [0.2, 0.25) is 0 Å². The number of hydrogen-bond acceptors (Lipinski definition) is 4. The smallest absolute Gasteiger partial charge is 0.182 e. The molecule has 0 saturated carbocycles. The van der Waals surface area contributed by atoms with Crippen molar-refractivity contribution in [1.82, 2.24) is 19.9 Å². The van der Waals surface area contributed by atoms with Crippen LogP contribution in [0, 0.1) is 0 Å². The van der Waals surface area contributed by atoms with Crippen molar-refractivity contribution in [3.05, 3.63) is 48.2 Å². The maximum absolute atomic E-state index is 5.86. The summed E-state index contributed by atoms with van der Waals surface area (Å²) in [6.07, 6.45) is 8.28. The normalized spacial score (nSPS) is 12.8. The molecule has 0 radical (unpaired) electrons. The molecule has 0 amide bonds. The van der Waals surface area contributed by atoms with Crippen molar-refractivity contribution in [2.24, 2.45) is 0 Å². The molecule has 2 aromatic rings. The molecule has 2 heterocycles. The molecule has 2 N–H and O–H groups in total. The van der Waals surface area contributed by atoms with Crippen LogP contribution in [0.15, 0.2) is 48.2 Å². The van der Waals surface area contributed by atoms with Crippen LogP contribution in [0.3, 0.4) is 0 Å².